The second-order valence-electron chi connectivity index (χ2n) is 4.29. The predicted octanol–water partition coefficient (Wildman–Crippen LogP) is 2.73. The Morgan fingerprint density at radius 1 is 1.18 bits per heavy atom. The largest absolute Gasteiger partial charge is 0.493 e. The lowest BCUT2D eigenvalue weighted by Crippen LogP contribution is -1.91. The maximum absolute atomic E-state index is 5.62. The zero-order valence-corrected chi connectivity index (χ0v) is 10.4. The summed E-state index contributed by atoms with van der Waals surface area (Å²) in [5, 5.41) is 0. The van der Waals surface area contributed by atoms with Gasteiger partial charge < -0.3 is 10.5 Å². The van der Waals surface area contributed by atoms with Gasteiger partial charge in [-0.15, -0.1) is 11.3 Å². The number of rotatable bonds is 3. The van der Waals surface area contributed by atoms with Gasteiger partial charge in [-0.1, -0.05) is 12.1 Å². The van der Waals surface area contributed by atoms with Gasteiger partial charge in [0, 0.05) is 29.1 Å². The molecule has 0 amide bonds. The minimum Gasteiger partial charge on any atom is -0.493 e. The van der Waals surface area contributed by atoms with Gasteiger partial charge in [-0.25, -0.2) is 0 Å². The molecule has 1 aliphatic heterocycles. The Morgan fingerprint density at radius 2 is 2.06 bits per heavy atom. The summed E-state index contributed by atoms with van der Waals surface area (Å²) in [6.07, 6.45) is 2.04. The summed E-state index contributed by atoms with van der Waals surface area (Å²) in [7, 11) is 0. The number of hydrogen-bond donors (Lipinski definition) is 1. The molecule has 17 heavy (non-hydrogen) atoms. The Morgan fingerprint density at radius 3 is 2.88 bits per heavy atom. The van der Waals surface area contributed by atoms with E-state index in [1.165, 1.54) is 20.9 Å². The monoisotopic (exact) mass is 245 g/mol. The second-order valence-corrected chi connectivity index (χ2v) is 5.54. The van der Waals surface area contributed by atoms with Crippen LogP contribution in [0.4, 0.5) is 0 Å². The Labute approximate surface area is 105 Å². The van der Waals surface area contributed by atoms with E-state index in [0.29, 0.717) is 6.54 Å². The third-order valence-corrected chi connectivity index (χ3v) is 4.16. The van der Waals surface area contributed by atoms with Crippen LogP contribution < -0.4 is 10.5 Å². The molecule has 3 rings (SSSR count). The Bertz CT molecular complexity index is 533. The molecule has 2 aromatic rings. The van der Waals surface area contributed by atoms with E-state index in [4.69, 9.17) is 10.5 Å². The highest BCUT2D eigenvalue weighted by Crippen LogP contribution is 2.27. The summed E-state index contributed by atoms with van der Waals surface area (Å²) >= 11 is 1.80. The van der Waals surface area contributed by atoms with Crippen LogP contribution >= 0.6 is 11.3 Å². The summed E-state index contributed by atoms with van der Waals surface area (Å²) in [4.78, 5) is 2.63. The normalized spacial score (nSPS) is 13.5. The molecule has 3 heteroatoms. The molecule has 0 unspecified atom stereocenters. The van der Waals surface area contributed by atoms with Gasteiger partial charge in [-0.2, -0.15) is 0 Å². The fourth-order valence-electron chi connectivity index (χ4n) is 2.18. The quantitative estimate of drug-likeness (QED) is 0.902. The molecule has 0 saturated carbocycles. The molecule has 0 fully saturated rings. The highest BCUT2D eigenvalue weighted by atomic mass is 32.1. The van der Waals surface area contributed by atoms with Gasteiger partial charge in [0.25, 0.3) is 0 Å². The van der Waals surface area contributed by atoms with Crippen LogP contribution in [0.1, 0.15) is 20.9 Å². The second kappa shape index (κ2) is 4.51. The van der Waals surface area contributed by atoms with Gasteiger partial charge in [-0.05, 0) is 29.3 Å². The molecule has 0 bridgehead atoms. The molecule has 1 aromatic heterocycles. The fourth-order valence-corrected chi connectivity index (χ4v) is 3.11. The maximum Gasteiger partial charge on any atom is 0.122 e. The van der Waals surface area contributed by atoms with Crippen molar-refractivity contribution in [2.45, 2.75) is 19.4 Å². The molecule has 1 aliphatic rings. The van der Waals surface area contributed by atoms with Crippen LogP contribution in [-0.4, -0.2) is 6.61 Å². The van der Waals surface area contributed by atoms with E-state index in [1.807, 2.05) is 0 Å². The molecule has 88 valence electrons. The SMILES string of the molecule is NCc1ccc(Cc2ccc3c(c2)CCO3)s1. The van der Waals surface area contributed by atoms with Crippen molar-refractivity contribution in [2.75, 3.05) is 6.61 Å². The van der Waals surface area contributed by atoms with Crippen LogP contribution in [0.25, 0.3) is 0 Å². The number of ether oxygens (including phenoxy) is 1. The minimum absolute atomic E-state index is 0.642. The zero-order chi connectivity index (χ0) is 11.7. The van der Waals surface area contributed by atoms with E-state index in [-0.39, 0.29) is 0 Å². The number of nitrogens with two attached hydrogens (primary N) is 1. The van der Waals surface area contributed by atoms with Crippen molar-refractivity contribution in [1.29, 1.82) is 0 Å². The van der Waals surface area contributed by atoms with Crippen LogP contribution in [0.2, 0.25) is 0 Å². The summed E-state index contributed by atoms with van der Waals surface area (Å²) in [6.45, 7) is 1.47. The van der Waals surface area contributed by atoms with Gasteiger partial charge in [0.2, 0.25) is 0 Å². The lowest BCUT2D eigenvalue weighted by molar-refractivity contribution is 0.357. The molecule has 0 saturated heterocycles. The summed E-state index contributed by atoms with van der Waals surface area (Å²) in [5.74, 6) is 1.06. The molecule has 2 heterocycles. The van der Waals surface area contributed by atoms with Gasteiger partial charge in [-0.3, -0.25) is 0 Å². The van der Waals surface area contributed by atoms with Gasteiger partial charge >= 0.3 is 0 Å². The topological polar surface area (TPSA) is 35.2 Å². The average molecular weight is 245 g/mol. The smallest absolute Gasteiger partial charge is 0.122 e. The van der Waals surface area contributed by atoms with Crippen LogP contribution in [-0.2, 0) is 19.4 Å². The summed E-state index contributed by atoms with van der Waals surface area (Å²) in [5.41, 5.74) is 8.33. The van der Waals surface area contributed by atoms with E-state index < -0.39 is 0 Å². The van der Waals surface area contributed by atoms with Crippen LogP contribution in [0.15, 0.2) is 30.3 Å². The van der Waals surface area contributed by atoms with E-state index in [0.717, 1.165) is 25.2 Å². The van der Waals surface area contributed by atoms with Gasteiger partial charge in [0.15, 0.2) is 0 Å². The first-order valence-electron chi connectivity index (χ1n) is 5.87. The molecule has 0 atom stereocenters. The van der Waals surface area contributed by atoms with E-state index in [1.54, 1.807) is 11.3 Å². The first kappa shape index (κ1) is 10.8. The van der Waals surface area contributed by atoms with Crippen molar-refractivity contribution in [3.63, 3.8) is 0 Å². The first-order valence-corrected chi connectivity index (χ1v) is 6.69. The standard InChI is InChI=1S/C14H15NOS/c15-9-13-3-2-12(17-13)8-10-1-4-14-11(7-10)5-6-16-14/h1-4,7H,5-6,8-9,15H2. The molecular weight excluding hydrogens is 230 g/mol. The first-order chi connectivity index (χ1) is 8.35. The predicted molar refractivity (Wildman–Crippen MR) is 70.7 cm³/mol. The van der Waals surface area contributed by atoms with Crippen molar-refractivity contribution < 1.29 is 4.74 Å². The van der Waals surface area contributed by atoms with Gasteiger partial charge in [0.05, 0.1) is 6.61 Å². The lowest BCUT2D eigenvalue weighted by Gasteiger charge is -2.02. The van der Waals surface area contributed by atoms with Crippen LogP contribution in [0.5, 0.6) is 5.75 Å². The van der Waals surface area contributed by atoms with Crippen LogP contribution in [0, 0.1) is 0 Å². The molecule has 2 nitrogen and oxygen atoms in total. The maximum atomic E-state index is 5.62. The third-order valence-electron chi connectivity index (χ3n) is 3.05. The number of benzene rings is 1. The molecule has 0 spiro atoms. The Balaban J connectivity index is 1.80. The molecule has 0 aliphatic carbocycles. The third kappa shape index (κ3) is 2.21. The lowest BCUT2D eigenvalue weighted by atomic mass is 10.1. The van der Waals surface area contributed by atoms with E-state index in [9.17, 15) is 0 Å². The zero-order valence-electron chi connectivity index (χ0n) is 9.61. The van der Waals surface area contributed by atoms with Crippen molar-refractivity contribution in [3.05, 3.63) is 51.2 Å². The number of hydrogen-bond acceptors (Lipinski definition) is 3. The number of thiophene rings is 1. The molecule has 0 radical (unpaired) electrons. The molecule has 2 N–H and O–H groups in total. The van der Waals surface area contributed by atoms with Crippen molar-refractivity contribution >= 4 is 11.3 Å². The molecule has 1 aromatic carbocycles. The Hall–Kier alpha value is -1.32. The molecular formula is C14H15NOS. The average Bonchev–Trinajstić information content (AvgIpc) is 2.96. The van der Waals surface area contributed by atoms with E-state index in [2.05, 4.69) is 30.3 Å². The number of fused-ring (bicyclic) bond motifs is 1. The summed E-state index contributed by atoms with van der Waals surface area (Å²) < 4.78 is 5.51. The van der Waals surface area contributed by atoms with Crippen molar-refractivity contribution in [1.82, 2.24) is 0 Å². The minimum atomic E-state index is 0.642. The highest BCUT2D eigenvalue weighted by Gasteiger charge is 2.12. The Kier molecular flexibility index (Phi) is 2.87. The van der Waals surface area contributed by atoms with Gasteiger partial charge in [0.1, 0.15) is 5.75 Å². The van der Waals surface area contributed by atoms with E-state index >= 15 is 0 Å². The fraction of sp³-hybridized carbons (Fsp3) is 0.286. The van der Waals surface area contributed by atoms with Crippen molar-refractivity contribution in [2.24, 2.45) is 5.73 Å². The van der Waals surface area contributed by atoms with Crippen molar-refractivity contribution in [3.8, 4) is 5.75 Å². The highest BCUT2D eigenvalue weighted by molar-refractivity contribution is 7.12. The summed E-state index contributed by atoms with van der Waals surface area (Å²) in [6, 6.07) is 10.8. The van der Waals surface area contributed by atoms with Crippen LogP contribution in [0.3, 0.4) is 0 Å².